The Morgan fingerprint density at radius 2 is 1.65 bits per heavy atom. The average Bonchev–Trinajstić information content (AvgIpc) is 3.33. The van der Waals surface area contributed by atoms with Crippen molar-refractivity contribution < 1.29 is 9.59 Å². The number of likely N-dealkylation sites (tertiary alicyclic amines) is 1. The molecule has 5 aliphatic rings. The number of hydrogen-bond donors (Lipinski definition) is 1. The van der Waals surface area contributed by atoms with Crippen LogP contribution in [0.1, 0.15) is 6.42 Å². The highest BCUT2D eigenvalue weighted by molar-refractivity contribution is 6.33. The van der Waals surface area contributed by atoms with E-state index in [9.17, 15) is 9.59 Å². The number of carbonyl (C=O) groups is 2. The quantitative estimate of drug-likeness (QED) is 0.685. The first kappa shape index (κ1) is 13.6. The lowest BCUT2D eigenvalue weighted by atomic mass is 9.63. The Kier molecular flexibility index (Phi) is 2.72. The van der Waals surface area contributed by atoms with Crippen molar-refractivity contribution in [3.8, 4) is 0 Å². The molecule has 2 bridgehead atoms. The molecule has 4 nitrogen and oxygen atoms in total. The van der Waals surface area contributed by atoms with Crippen molar-refractivity contribution in [2.75, 3.05) is 12.0 Å². The predicted octanol–water partition coefficient (Wildman–Crippen LogP) is 2.76. The fraction of sp³-hybridized carbons (Fsp3) is 0.444. The van der Waals surface area contributed by atoms with Gasteiger partial charge in [0.05, 0.1) is 29.2 Å². The topological polar surface area (TPSA) is 49.4 Å². The summed E-state index contributed by atoms with van der Waals surface area (Å²) >= 11 is 6.12. The Hall–Kier alpha value is -1.81. The minimum absolute atomic E-state index is 0.00995. The number of carbonyl (C=O) groups excluding carboxylic acids is 2. The number of halogens is 1. The highest BCUT2D eigenvalue weighted by Gasteiger charge is 2.66. The first-order chi connectivity index (χ1) is 11.2. The van der Waals surface area contributed by atoms with Gasteiger partial charge in [0, 0.05) is 0 Å². The average molecular weight is 329 g/mol. The molecule has 1 aliphatic heterocycles. The maximum atomic E-state index is 12.8. The van der Waals surface area contributed by atoms with Gasteiger partial charge in [0.25, 0.3) is 0 Å². The Bertz CT molecular complexity index is 710. The van der Waals surface area contributed by atoms with E-state index in [-0.39, 0.29) is 42.2 Å². The van der Waals surface area contributed by atoms with Crippen LogP contribution < -0.4 is 5.32 Å². The van der Waals surface area contributed by atoms with Crippen LogP contribution in [0.2, 0.25) is 5.02 Å². The largest absolute Gasteiger partial charge is 0.366 e. The molecule has 1 aromatic rings. The summed E-state index contributed by atoms with van der Waals surface area (Å²) in [5.41, 5.74) is 0.744. The molecule has 6 atom stereocenters. The van der Waals surface area contributed by atoms with Crippen LogP contribution in [0.25, 0.3) is 0 Å². The van der Waals surface area contributed by atoms with Gasteiger partial charge in [-0.1, -0.05) is 35.9 Å². The van der Waals surface area contributed by atoms with Crippen LogP contribution in [-0.2, 0) is 9.59 Å². The summed E-state index contributed by atoms with van der Waals surface area (Å²) in [5.74, 6) is 1.55. The van der Waals surface area contributed by atoms with Crippen molar-refractivity contribution in [1.82, 2.24) is 4.90 Å². The number of anilines is 1. The molecule has 4 aliphatic carbocycles. The zero-order chi connectivity index (χ0) is 15.7. The lowest BCUT2D eigenvalue weighted by Crippen LogP contribution is -2.40. The van der Waals surface area contributed by atoms with Gasteiger partial charge in [-0.15, -0.1) is 0 Å². The van der Waals surface area contributed by atoms with E-state index in [0.717, 1.165) is 5.69 Å². The highest BCUT2D eigenvalue weighted by Crippen LogP contribution is 2.65. The first-order valence-corrected chi connectivity index (χ1v) is 8.56. The SMILES string of the molecule is O=C1[C@H]2[C@@H]3C=C[C@@H]([C@H]4C[C@H]34)[C@@H]2C(=O)N1CNc1ccccc1Cl. The molecular weight excluding hydrogens is 312 g/mol. The lowest BCUT2D eigenvalue weighted by molar-refractivity contribution is -0.139. The van der Waals surface area contributed by atoms with Crippen LogP contribution in [0.3, 0.4) is 0 Å². The zero-order valence-corrected chi connectivity index (χ0v) is 13.2. The Morgan fingerprint density at radius 3 is 2.26 bits per heavy atom. The van der Waals surface area contributed by atoms with E-state index >= 15 is 0 Å². The third-order valence-electron chi connectivity index (χ3n) is 6.06. The van der Waals surface area contributed by atoms with E-state index in [1.54, 1.807) is 6.07 Å². The second-order valence-electron chi connectivity index (χ2n) is 7.07. The smallest absolute Gasteiger partial charge is 0.235 e. The number of imide groups is 1. The maximum Gasteiger partial charge on any atom is 0.235 e. The number of amides is 2. The number of hydrogen-bond acceptors (Lipinski definition) is 3. The van der Waals surface area contributed by atoms with Gasteiger partial charge >= 0.3 is 0 Å². The lowest BCUT2D eigenvalue weighted by Gasteiger charge is -2.37. The minimum atomic E-state index is -0.130. The van der Waals surface area contributed by atoms with E-state index in [0.29, 0.717) is 16.9 Å². The first-order valence-electron chi connectivity index (χ1n) is 8.19. The fourth-order valence-electron chi connectivity index (χ4n) is 4.94. The van der Waals surface area contributed by atoms with E-state index < -0.39 is 0 Å². The van der Waals surface area contributed by atoms with Crippen molar-refractivity contribution in [2.45, 2.75) is 6.42 Å². The molecule has 1 N–H and O–H groups in total. The monoisotopic (exact) mass is 328 g/mol. The molecule has 2 amide bonds. The molecule has 0 aromatic heterocycles. The third-order valence-corrected chi connectivity index (χ3v) is 6.39. The Morgan fingerprint density at radius 1 is 1.04 bits per heavy atom. The Balaban J connectivity index is 1.38. The molecule has 1 saturated heterocycles. The second-order valence-corrected chi connectivity index (χ2v) is 7.48. The zero-order valence-electron chi connectivity index (χ0n) is 12.5. The summed E-state index contributed by atoms with van der Waals surface area (Å²) in [7, 11) is 0. The number of nitrogens with one attached hydrogen (secondary N) is 1. The fourth-order valence-corrected chi connectivity index (χ4v) is 5.15. The molecule has 6 rings (SSSR count). The van der Waals surface area contributed by atoms with Crippen LogP contribution in [0.4, 0.5) is 5.69 Å². The van der Waals surface area contributed by atoms with Gasteiger partial charge in [-0.05, 0) is 42.2 Å². The van der Waals surface area contributed by atoms with E-state index in [4.69, 9.17) is 11.6 Å². The normalized spacial score (nSPS) is 39.4. The van der Waals surface area contributed by atoms with Crippen LogP contribution in [-0.4, -0.2) is 23.4 Å². The summed E-state index contributed by atoms with van der Waals surface area (Å²) in [6, 6.07) is 7.36. The number of para-hydroxylation sites is 1. The van der Waals surface area contributed by atoms with Gasteiger partial charge in [-0.2, -0.15) is 0 Å². The molecule has 1 aromatic carbocycles. The highest BCUT2D eigenvalue weighted by atomic mass is 35.5. The van der Waals surface area contributed by atoms with Crippen molar-refractivity contribution >= 4 is 29.1 Å². The second kappa shape index (κ2) is 4.60. The van der Waals surface area contributed by atoms with Gasteiger partial charge in [0.1, 0.15) is 0 Å². The third kappa shape index (κ3) is 1.78. The summed E-state index contributed by atoms with van der Waals surface area (Å²) in [6.45, 7) is 0.198. The molecule has 0 radical (unpaired) electrons. The van der Waals surface area contributed by atoms with Crippen LogP contribution in [0.15, 0.2) is 36.4 Å². The van der Waals surface area contributed by atoms with Crippen molar-refractivity contribution in [3.05, 3.63) is 41.4 Å². The number of benzene rings is 1. The van der Waals surface area contributed by atoms with E-state index in [2.05, 4.69) is 17.5 Å². The van der Waals surface area contributed by atoms with Gasteiger partial charge in [0.2, 0.25) is 11.8 Å². The van der Waals surface area contributed by atoms with Crippen LogP contribution in [0.5, 0.6) is 0 Å². The number of nitrogens with zero attached hydrogens (tertiary/aromatic N) is 1. The molecule has 0 unspecified atom stereocenters. The van der Waals surface area contributed by atoms with Crippen molar-refractivity contribution in [2.24, 2.45) is 35.5 Å². The summed E-state index contributed by atoms with van der Waals surface area (Å²) in [5, 5.41) is 3.72. The summed E-state index contributed by atoms with van der Waals surface area (Å²) in [4.78, 5) is 27.0. The molecule has 5 heteroatoms. The van der Waals surface area contributed by atoms with Crippen LogP contribution >= 0.6 is 11.6 Å². The summed E-state index contributed by atoms with van der Waals surface area (Å²) < 4.78 is 0. The van der Waals surface area contributed by atoms with Crippen LogP contribution in [0, 0.1) is 35.5 Å². The molecule has 0 spiro atoms. The van der Waals surface area contributed by atoms with Gasteiger partial charge in [-0.25, -0.2) is 0 Å². The molecule has 2 saturated carbocycles. The van der Waals surface area contributed by atoms with Crippen molar-refractivity contribution in [3.63, 3.8) is 0 Å². The van der Waals surface area contributed by atoms with E-state index in [1.807, 2.05) is 18.2 Å². The minimum Gasteiger partial charge on any atom is -0.366 e. The predicted molar refractivity (Wildman–Crippen MR) is 86.5 cm³/mol. The molecule has 1 heterocycles. The molecular formula is C18H17ClN2O2. The van der Waals surface area contributed by atoms with Gasteiger partial charge < -0.3 is 5.32 Å². The number of allylic oxidation sites excluding steroid dienone is 2. The molecule has 23 heavy (non-hydrogen) atoms. The maximum absolute atomic E-state index is 12.8. The van der Waals surface area contributed by atoms with Gasteiger partial charge in [-0.3, -0.25) is 14.5 Å². The molecule has 118 valence electrons. The summed E-state index contributed by atoms with van der Waals surface area (Å²) in [6.07, 6.45) is 5.57. The van der Waals surface area contributed by atoms with E-state index in [1.165, 1.54) is 11.3 Å². The molecule has 3 fully saturated rings. The van der Waals surface area contributed by atoms with Gasteiger partial charge in [0.15, 0.2) is 0 Å². The standard InChI is InChI=1S/C18H17ClN2O2/c19-13-3-1-2-4-14(13)20-8-21-17(22)15-9-5-6-10(12-7-11(9)12)16(15)18(21)23/h1-6,9-12,15-16,20H,7-8H2/t9-,10+,11-,12-,15+,16+/m1/s1. The Labute approximate surface area is 139 Å². The van der Waals surface area contributed by atoms with Crippen molar-refractivity contribution in [1.29, 1.82) is 0 Å². The number of rotatable bonds is 3.